The van der Waals surface area contributed by atoms with Crippen molar-refractivity contribution in [3.63, 3.8) is 0 Å². The standard InChI is InChI=1S/C13H19NO3/c1-13(10-15)8-14(9-13)12(16)17-7-11-5-3-2-4-6-11/h3,5-6,15H,2,4,7-10H2,1H3. The van der Waals surface area contributed by atoms with Gasteiger partial charge in [-0.2, -0.15) is 0 Å². The molecule has 2 rings (SSSR count). The highest BCUT2D eigenvalue weighted by atomic mass is 16.6. The molecule has 1 N–H and O–H groups in total. The van der Waals surface area contributed by atoms with Gasteiger partial charge in [-0.1, -0.05) is 25.2 Å². The highest BCUT2D eigenvalue weighted by Gasteiger charge is 2.41. The number of amides is 1. The van der Waals surface area contributed by atoms with Gasteiger partial charge in [-0.15, -0.1) is 0 Å². The molecule has 4 heteroatoms. The van der Waals surface area contributed by atoms with Crippen molar-refractivity contribution in [3.05, 3.63) is 23.8 Å². The summed E-state index contributed by atoms with van der Waals surface area (Å²) in [6.45, 7) is 3.59. The van der Waals surface area contributed by atoms with Gasteiger partial charge in [0.25, 0.3) is 0 Å². The number of nitrogens with zero attached hydrogens (tertiary/aromatic N) is 1. The van der Waals surface area contributed by atoms with Crippen LogP contribution in [0, 0.1) is 5.41 Å². The molecule has 2 aliphatic rings. The van der Waals surface area contributed by atoms with E-state index in [9.17, 15) is 4.79 Å². The van der Waals surface area contributed by atoms with Crippen LogP contribution in [0.1, 0.15) is 19.8 Å². The second-order valence-corrected chi connectivity index (χ2v) is 5.14. The molecule has 0 unspecified atom stereocenters. The molecule has 1 saturated heterocycles. The van der Waals surface area contributed by atoms with E-state index in [1.54, 1.807) is 4.90 Å². The normalized spacial score (nSPS) is 21.8. The van der Waals surface area contributed by atoms with E-state index in [1.165, 1.54) is 0 Å². The molecule has 4 nitrogen and oxygen atoms in total. The Balaban J connectivity index is 1.72. The Morgan fingerprint density at radius 3 is 2.88 bits per heavy atom. The molecule has 0 spiro atoms. The van der Waals surface area contributed by atoms with E-state index < -0.39 is 0 Å². The monoisotopic (exact) mass is 237 g/mol. The van der Waals surface area contributed by atoms with Crippen LogP contribution in [0.2, 0.25) is 0 Å². The Morgan fingerprint density at radius 1 is 1.53 bits per heavy atom. The number of likely N-dealkylation sites (tertiary alicyclic amines) is 1. The molecule has 0 atom stereocenters. The molecule has 1 fully saturated rings. The maximum atomic E-state index is 11.6. The summed E-state index contributed by atoms with van der Waals surface area (Å²) in [6, 6.07) is 0. The molecule has 17 heavy (non-hydrogen) atoms. The lowest BCUT2D eigenvalue weighted by Gasteiger charge is -2.45. The van der Waals surface area contributed by atoms with Gasteiger partial charge < -0.3 is 14.7 Å². The van der Waals surface area contributed by atoms with E-state index in [4.69, 9.17) is 9.84 Å². The minimum atomic E-state index is -0.282. The minimum absolute atomic E-state index is 0.116. The third kappa shape index (κ3) is 2.88. The smallest absolute Gasteiger partial charge is 0.410 e. The Bertz CT molecular complexity index is 354. The van der Waals surface area contributed by atoms with Crippen molar-refractivity contribution in [3.8, 4) is 0 Å². The van der Waals surface area contributed by atoms with Gasteiger partial charge in [0, 0.05) is 18.5 Å². The molecule has 0 radical (unpaired) electrons. The number of allylic oxidation sites excluding steroid dienone is 2. The van der Waals surface area contributed by atoms with E-state index >= 15 is 0 Å². The number of aliphatic hydroxyl groups is 1. The van der Waals surface area contributed by atoms with Crippen LogP contribution >= 0.6 is 0 Å². The van der Waals surface area contributed by atoms with E-state index in [1.807, 2.05) is 13.0 Å². The van der Waals surface area contributed by atoms with Gasteiger partial charge in [0.15, 0.2) is 0 Å². The molecule has 1 aliphatic carbocycles. The Kier molecular flexibility index (Phi) is 3.52. The molecule has 0 aromatic rings. The largest absolute Gasteiger partial charge is 0.445 e. The molecule has 94 valence electrons. The van der Waals surface area contributed by atoms with Crippen molar-refractivity contribution in [2.45, 2.75) is 19.8 Å². The molecule has 0 saturated carbocycles. The number of hydrogen-bond acceptors (Lipinski definition) is 3. The summed E-state index contributed by atoms with van der Waals surface area (Å²) in [5.74, 6) is 0. The number of carbonyl (C=O) groups is 1. The van der Waals surface area contributed by atoms with E-state index in [-0.39, 0.29) is 18.1 Å². The zero-order valence-electron chi connectivity index (χ0n) is 10.2. The summed E-state index contributed by atoms with van der Waals surface area (Å²) in [5.41, 5.74) is 0.929. The zero-order chi connectivity index (χ0) is 12.3. The van der Waals surface area contributed by atoms with Crippen LogP contribution in [0.5, 0.6) is 0 Å². The Labute approximate surface area is 102 Å². The van der Waals surface area contributed by atoms with E-state index in [0.29, 0.717) is 19.7 Å². The molecular formula is C13H19NO3. The van der Waals surface area contributed by atoms with E-state index in [0.717, 1.165) is 18.4 Å². The van der Waals surface area contributed by atoms with Gasteiger partial charge >= 0.3 is 6.09 Å². The fourth-order valence-electron chi connectivity index (χ4n) is 2.12. The quantitative estimate of drug-likeness (QED) is 0.813. The number of aliphatic hydroxyl groups excluding tert-OH is 1. The summed E-state index contributed by atoms with van der Waals surface area (Å²) in [6.07, 6.45) is 8.01. The van der Waals surface area contributed by atoms with Crippen molar-refractivity contribution in [1.29, 1.82) is 0 Å². The molecular weight excluding hydrogens is 218 g/mol. The summed E-state index contributed by atoms with van der Waals surface area (Å²) < 4.78 is 5.21. The summed E-state index contributed by atoms with van der Waals surface area (Å²) in [7, 11) is 0. The molecule has 0 aromatic heterocycles. The highest BCUT2D eigenvalue weighted by molar-refractivity contribution is 5.69. The van der Waals surface area contributed by atoms with Crippen molar-refractivity contribution in [2.75, 3.05) is 26.3 Å². The van der Waals surface area contributed by atoms with Gasteiger partial charge in [0.1, 0.15) is 6.61 Å². The maximum Gasteiger partial charge on any atom is 0.410 e. The van der Waals surface area contributed by atoms with Crippen LogP contribution in [-0.4, -0.2) is 42.4 Å². The first-order valence-corrected chi connectivity index (χ1v) is 6.01. The maximum absolute atomic E-state index is 11.6. The SMILES string of the molecule is CC1(CO)CN(C(=O)OCC2=CCCC=C2)C1. The average molecular weight is 237 g/mol. The first-order chi connectivity index (χ1) is 8.13. The van der Waals surface area contributed by atoms with Crippen molar-refractivity contribution >= 4 is 6.09 Å². The topological polar surface area (TPSA) is 49.8 Å². The van der Waals surface area contributed by atoms with E-state index in [2.05, 4.69) is 12.2 Å². The lowest BCUT2D eigenvalue weighted by Crippen LogP contribution is -2.58. The first kappa shape index (κ1) is 12.2. The van der Waals surface area contributed by atoms with Crippen molar-refractivity contribution in [1.82, 2.24) is 4.90 Å². The second kappa shape index (κ2) is 4.92. The van der Waals surface area contributed by atoms with Crippen LogP contribution in [0.4, 0.5) is 4.79 Å². The molecule has 1 heterocycles. The summed E-state index contributed by atoms with van der Waals surface area (Å²) in [4.78, 5) is 13.3. The summed E-state index contributed by atoms with van der Waals surface area (Å²) in [5, 5.41) is 9.08. The molecule has 1 amide bonds. The van der Waals surface area contributed by atoms with Crippen LogP contribution in [0.3, 0.4) is 0 Å². The Hall–Kier alpha value is -1.29. The predicted molar refractivity (Wildman–Crippen MR) is 64.6 cm³/mol. The lowest BCUT2D eigenvalue weighted by molar-refractivity contribution is -0.0228. The molecule has 0 aromatic carbocycles. The molecule has 0 bridgehead atoms. The number of carbonyl (C=O) groups excluding carboxylic acids is 1. The van der Waals surface area contributed by atoms with Crippen LogP contribution in [-0.2, 0) is 4.74 Å². The fourth-order valence-corrected chi connectivity index (χ4v) is 2.12. The number of ether oxygens (including phenoxy) is 1. The van der Waals surface area contributed by atoms with Gasteiger partial charge in [-0.3, -0.25) is 0 Å². The van der Waals surface area contributed by atoms with Gasteiger partial charge in [0.2, 0.25) is 0 Å². The van der Waals surface area contributed by atoms with Crippen LogP contribution in [0.15, 0.2) is 23.8 Å². The number of rotatable bonds is 3. The Morgan fingerprint density at radius 2 is 2.29 bits per heavy atom. The fraction of sp³-hybridized carbons (Fsp3) is 0.615. The minimum Gasteiger partial charge on any atom is -0.445 e. The van der Waals surface area contributed by atoms with Gasteiger partial charge in [-0.25, -0.2) is 4.79 Å². The zero-order valence-corrected chi connectivity index (χ0v) is 10.2. The van der Waals surface area contributed by atoms with Crippen LogP contribution in [0.25, 0.3) is 0 Å². The first-order valence-electron chi connectivity index (χ1n) is 6.01. The lowest BCUT2D eigenvalue weighted by atomic mass is 9.83. The number of hydrogen-bond donors (Lipinski definition) is 1. The van der Waals surface area contributed by atoms with Gasteiger partial charge in [0.05, 0.1) is 6.61 Å². The third-order valence-electron chi connectivity index (χ3n) is 3.22. The van der Waals surface area contributed by atoms with Gasteiger partial charge in [-0.05, 0) is 18.4 Å². The highest BCUT2D eigenvalue weighted by Crippen LogP contribution is 2.29. The van der Waals surface area contributed by atoms with Crippen LogP contribution < -0.4 is 0 Å². The van der Waals surface area contributed by atoms with Crippen molar-refractivity contribution in [2.24, 2.45) is 5.41 Å². The predicted octanol–water partition coefficient (Wildman–Crippen LogP) is 1.71. The average Bonchev–Trinajstić information content (AvgIpc) is 2.33. The third-order valence-corrected chi connectivity index (χ3v) is 3.22. The van der Waals surface area contributed by atoms with Crippen molar-refractivity contribution < 1.29 is 14.6 Å². The second-order valence-electron chi connectivity index (χ2n) is 5.14. The summed E-state index contributed by atoms with van der Waals surface area (Å²) >= 11 is 0. The molecule has 1 aliphatic heterocycles.